The summed E-state index contributed by atoms with van der Waals surface area (Å²) >= 11 is 0. The predicted octanol–water partition coefficient (Wildman–Crippen LogP) is 2.53. The summed E-state index contributed by atoms with van der Waals surface area (Å²) in [5.41, 5.74) is 1.55. The second kappa shape index (κ2) is 11.0. The van der Waals surface area contributed by atoms with Crippen LogP contribution >= 0.6 is 0 Å². The van der Waals surface area contributed by atoms with Crippen molar-refractivity contribution in [3.8, 4) is 0 Å². The molecule has 3 rings (SSSR count). The van der Waals surface area contributed by atoms with Crippen LogP contribution in [0.25, 0.3) is 0 Å². The summed E-state index contributed by atoms with van der Waals surface area (Å²) in [5, 5.41) is 0. The molecule has 1 N–H and O–H groups in total. The molecule has 0 saturated carbocycles. The van der Waals surface area contributed by atoms with Crippen LogP contribution in [0.15, 0.2) is 24.3 Å². The summed E-state index contributed by atoms with van der Waals surface area (Å²) in [5.74, 6) is -0.451. The molecule has 0 bridgehead atoms. The first-order valence-electron chi connectivity index (χ1n) is 11.6. The Morgan fingerprint density at radius 3 is 2.00 bits per heavy atom. The summed E-state index contributed by atoms with van der Waals surface area (Å²) in [4.78, 5) is 30.4. The monoisotopic (exact) mass is 464 g/mol. The summed E-state index contributed by atoms with van der Waals surface area (Å²) < 4.78 is 27.6. The van der Waals surface area contributed by atoms with Crippen molar-refractivity contribution in [3.05, 3.63) is 24.3 Å². The Morgan fingerprint density at radius 2 is 1.44 bits per heavy atom. The molecule has 1 aromatic rings. The van der Waals surface area contributed by atoms with Crippen molar-refractivity contribution in [3.63, 3.8) is 0 Å². The number of piperazine rings is 1. The van der Waals surface area contributed by atoms with Gasteiger partial charge >= 0.3 is 0 Å². The molecule has 0 spiro atoms. The summed E-state index contributed by atoms with van der Waals surface area (Å²) in [6, 6.07) is 7.32. The van der Waals surface area contributed by atoms with Crippen molar-refractivity contribution < 1.29 is 18.0 Å². The fourth-order valence-corrected chi connectivity index (χ4v) is 5.21. The second-order valence-electron chi connectivity index (χ2n) is 9.15. The number of anilines is 2. The molecule has 0 radical (unpaired) electrons. The normalized spacial score (nSPS) is 17.5. The summed E-state index contributed by atoms with van der Waals surface area (Å²) in [6.45, 7) is 7.86. The van der Waals surface area contributed by atoms with E-state index >= 15 is 0 Å². The maximum atomic E-state index is 12.6. The number of rotatable bonds is 8. The van der Waals surface area contributed by atoms with Crippen molar-refractivity contribution in [2.75, 3.05) is 54.6 Å². The third kappa shape index (κ3) is 7.12. The molecule has 2 aliphatic rings. The standard InChI is InChI=1S/C23H36N4O4S/c1-19(2)6-11-22(28)26-14-16-27(17-15-26)23(29)18-32(30,31)24-20-7-9-21(10-8-20)25-12-4-3-5-13-25/h7-10,19,24H,3-6,11-18H2,1-2H3. The van der Waals surface area contributed by atoms with Crippen molar-refractivity contribution in [2.24, 2.45) is 5.92 Å². The molecule has 0 aliphatic carbocycles. The van der Waals surface area contributed by atoms with Gasteiger partial charge in [0.05, 0.1) is 0 Å². The first kappa shape index (κ1) is 24.4. The van der Waals surface area contributed by atoms with Crippen molar-refractivity contribution in [2.45, 2.75) is 46.0 Å². The average Bonchev–Trinajstić information content (AvgIpc) is 2.78. The second-order valence-corrected chi connectivity index (χ2v) is 10.9. The maximum Gasteiger partial charge on any atom is 0.241 e. The highest BCUT2D eigenvalue weighted by molar-refractivity contribution is 7.93. The third-order valence-electron chi connectivity index (χ3n) is 6.10. The summed E-state index contributed by atoms with van der Waals surface area (Å²) in [6.07, 6.45) is 4.97. The van der Waals surface area contributed by atoms with E-state index < -0.39 is 21.7 Å². The highest BCUT2D eigenvalue weighted by atomic mass is 32.2. The number of hydrogen-bond donors (Lipinski definition) is 1. The number of benzene rings is 1. The lowest BCUT2D eigenvalue weighted by Crippen LogP contribution is -2.52. The predicted molar refractivity (Wildman–Crippen MR) is 127 cm³/mol. The third-order valence-corrected chi connectivity index (χ3v) is 7.27. The molecule has 2 fully saturated rings. The lowest BCUT2D eigenvalue weighted by Gasteiger charge is -2.35. The van der Waals surface area contributed by atoms with Crippen LogP contribution in [0.2, 0.25) is 0 Å². The van der Waals surface area contributed by atoms with Crippen LogP contribution in [-0.4, -0.2) is 75.1 Å². The van der Waals surface area contributed by atoms with Crippen LogP contribution < -0.4 is 9.62 Å². The largest absolute Gasteiger partial charge is 0.372 e. The van der Waals surface area contributed by atoms with E-state index in [0.717, 1.165) is 25.2 Å². The minimum Gasteiger partial charge on any atom is -0.372 e. The van der Waals surface area contributed by atoms with E-state index in [2.05, 4.69) is 23.5 Å². The molecule has 32 heavy (non-hydrogen) atoms. The van der Waals surface area contributed by atoms with Gasteiger partial charge in [0.25, 0.3) is 0 Å². The fourth-order valence-electron chi connectivity index (χ4n) is 4.14. The van der Waals surface area contributed by atoms with Gasteiger partial charge in [0.2, 0.25) is 21.8 Å². The summed E-state index contributed by atoms with van der Waals surface area (Å²) in [7, 11) is -3.80. The van der Waals surface area contributed by atoms with Gasteiger partial charge in [-0.25, -0.2) is 8.42 Å². The number of carbonyl (C=O) groups is 2. The van der Waals surface area contributed by atoms with Crippen LogP contribution in [0, 0.1) is 5.92 Å². The van der Waals surface area contributed by atoms with Crippen molar-refractivity contribution in [1.29, 1.82) is 0 Å². The smallest absolute Gasteiger partial charge is 0.241 e. The molecule has 2 saturated heterocycles. The van der Waals surface area contributed by atoms with Gasteiger partial charge in [-0.05, 0) is 55.9 Å². The van der Waals surface area contributed by atoms with Crippen LogP contribution in [0.3, 0.4) is 0 Å². The molecular formula is C23H36N4O4S. The number of amides is 2. The Bertz CT molecular complexity index is 872. The number of hydrogen-bond acceptors (Lipinski definition) is 5. The van der Waals surface area contributed by atoms with E-state index in [1.54, 1.807) is 17.0 Å². The molecule has 1 aromatic carbocycles. The molecule has 0 aromatic heterocycles. The lowest BCUT2D eigenvalue weighted by molar-refractivity contribution is -0.138. The zero-order valence-corrected chi connectivity index (χ0v) is 20.1. The number of nitrogens with one attached hydrogen (secondary N) is 1. The molecule has 2 heterocycles. The van der Waals surface area contributed by atoms with Gasteiger partial charge in [0.1, 0.15) is 5.75 Å². The number of nitrogens with zero attached hydrogens (tertiary/aromatic N) is 3. The zero-order valence-electron chi connectivity index (χ0n) is 19.3. The van der Waals surface area contributed by atoms with Crippen LogP contribution in [0.4, 0.5) is 11.4 Å². The highest BCUT2D eigenvalue weighted by Gasteiger charge is 2.27. The van der Waals surface area contributed by atoms with Crippen molar-refractivity contribution >= 4 is 33.2 Å². The lowest BCUT2D eigenvalue weighted by atomic mass is 10.1. The molecule has 0 unspecified atom stereocenters. The Balaban J connectivity index is 1.47. The van der Waals surface area contributed by atoms with Gasteiger partial charge in [-0.1, -0.05) is 13.8 Å². The molecule has 2 amide bonds. The quantitative estimate of drug-likeness (QED) is 0.639. The molecule has 178 valence electrons. The van der Waals surface area contributed by atoms with Crippen LogP contribution in [-0.2, 0) is 19.6 Å². The Morgan fingerprint density at radius 1 is 0.875 bits per heavy atom. The van der Waals surface area contributed by atoms with Crippen LogP contribution in [0.5, 0.6) is 0 Å². The number of sulfonamides is 1. The Kier molecular flexibility index (Phi) is 8.39. The first-order chi connectivity index (χ1) is 15.2. The Labute approximate surface area is 192 Å². The molecule has 0 atom stereocenters. The van der Waals surface area contributed by atoms with E-state index in [0.29, 0.717) is 44.2 Å². The molecule has 2 aliphatic heterocycles. The van der Waals surface area contributed by atoms with Gasteiger partial charge in [0, 0.05) is 57.1 Å². The Hall–Kier alpha value is -2.29. The zero-order chi connectivity index (χ0) is 23.1. The number of carbonyl (C=O) groups excluding carboxylic acids is 2. The fraction of sp³-hybridized carbons (Fsp3) is 0.652. The molecule has 8 nitrogen and oxygen atoms in total. The van der Waals surface area contributed by atoms with Gasteiger partial charge in [-0.2, -0.15) is 0 Å². The van der Waals surface area contributed by atoms with E-state index in [9.17, 15) is 18.0 Å². The average molecular weight is 465 g/mol. The van der Waals surface area contributed by atoms with E-state index in [4.69, 9.17) is 0 Å². The van der Waals surface area contributed by atoms with E-state index in [1.165, 1.54) is 24.2 Å². The van der Waals surface area contributed by atoms with Gasteiger partial charge in [-0.3, -0.25) is 14.3 Å². The minimum atomic E-state index is -3.80. The van der Waals surface area contributed by atoms with E-state index in [1.807, 2.05) is 12.1 Å². The SMILES string of the molecule is CC(C)CCC(=O)N1CCN(C(=O)CS(=O)(=O)Nc2ccc(N3CCCCC3)cc2)CC1. The van der Waals surface area contributed by atoms with E-state index in [-0.39, 0.29) is 5.91 Å². The van der Waals surface area contributed by atoms with Crippen molar-refractivity contribution in [1.82, 2.24) is 9.80 Å². The maximum absolute atomic E-state index is 12.6. The topological polar surface area (TPSA) is 90.0 Å². The van der Waals surface area contributed by atoms with Gasteiger partial charge < -0.3 is 14.7 Å². The number of piperidine rings is 1. The van der Waals surface area contributed by atoms with Crippen LogP contribution in [0.1, 0.15) is 46.0 Å². The molecule has 9 heteroatoms. The minimum absolute atomic E-state index is 0.105. The molecular weight excluding hydrogens is 428 g/mol. The van der Waals surface area contributed by atoms with Gasteiger partial charge in [0.15, 0.2) is 0 Å². The first-order valence-corrected chi connectivity index (χ1v) is 13.3. The highest BCUT2D eigenvalue weighted by Crippen LogP contribution is 2.22. The van der Waals surface area contributed by atoms with Gasteiger partial charge in [-0.15, -0.1) is 0 Å².